The number of rotatable bonds is 3. The van der Waals surface area contributed by atoms with Crippen molar-refractivity contribution in [1.82, 2.24) is 4.90 Å². The normalized spacial score (nSPS) is 20.9. The zero-order valence-electron chi connectivity index (χ0n) is 11.1. The van der Waals surface area contributed by atoms with Crippen molar-refractivity contribution in [2.45, 2.75) is 36.1 Å². The Morgan fingerprint density at radius 1 is 1.35 bits per heavy atom. The van der Waals surface area contributed by atoms with Gasteiger partial charge in [0.25, 0.3) is 0 Å². The number of benzene rings is 1. The molecule has 7 heteroatoms. The highest BCUT2D eigenvalue weighted by Gasteiger charge is 2.41. The third-order valence-corrected chi connectivity index (χ3v) is 5.42. The van der Waals surface area contributed by atoms with Crippen molar-refractivity contribution in [3.63, 3.8) is 0 Å². The summed E-state index contributed by atoms with van der Waals surface area (Å²) in [7, 11) is -3.96. The number of carboxylic acid groups (broad SMARTS) is 1. The standard InChI is InChI=1S/C13H17NO5S/c1-9-4-6-10(7-5-9)20(18,19)12(15)11-3-2-8-14(11)13(16)17/h4-7,11-12,15H,2-3,8H2,1H3,(H,16,17)/t11-,12?/m0/s1. The molecule has 1 fully saturated rings. The van der Waals surface area contributed by atoms with Gasteiger partial charge in [-0.3, -0.25) is 0 Å². The molecule has 0 aliphatic carbocycles. The van der Waals surface area contributed by atoms with Crippen LogP contribution in [0, 0.1) is 6.92 Å². The molecule has 0 aromatic heterocycles. The molecule has 1 unspecified atom stereocenters. The van der Waals surface area contributed by atoms with Gasteiger partial charge in [0.2, 0.25) is 9.84 Å². The second-order valence-corrected chi connectivity index (χ2v) is 6.98. The fourth-order valence-electron chi connectivity index (χ4n) is 2.40. The summed E-state index contributed by atoms with van der Waals surface area (Å²) < 4.78 is 24.7. The number of likely N-dealkylation sites (tertiary alicyclic amines) is 1. The molecule has 1 aromatic rings. The van der Waals surface area contributed by atoms with Crippen LogP contribution in [-0.2, 0) is 9.84 Å². The molecule has 0 spiro atoms. The quantitative estimate of drug-likeness (QED) is 0.875. The molecule has 20 heavy (non-hydrogen) atoms. The maximum atomic E-state index is 12.3. The first kappa shape index (κ1) is 14.8. The fourth-order valence-corrected chi connectivity index (χ4v) is 3.89. The van der Waals surface area contributed by atoms with E-state index >= 15 is 0 Å². The second-order valence-electron chi connectivity index (χ2n) is 4.93. The van der Waals surface area contributed by atoms with Crippen LogP contribution in [0.4, 0.5) is 4.79 Å². The largest absolute Gasteiger partial charge is 0.465 e. The monoisotopic (exact) mass is 299 g/mol. The van der Waals surface area contributed by atoms with E-state index in [1.807, 2.05) is 6.92 Å². The van der Waals surface area contributed by atoms with Gasteiger partial charge in [-0.15, -0.1) is 0 Å². The number of aryl methyl sites for hydroxylation is 1. The minimum Gasteiger partial charge on any atom is -0.465 e. The lowest BCUT2D eigenvalue weighted by molar-refractivity contribution is 0.104. The average molecular weight is 299 g/mol. The zero-order chi connectivity index (χ0) is 14.9. The first-order valence-corrected chi connectivity index (χ1v) is 7.87. The fraction of sp³-hybridized carbons (Fsp3) is 0.462. The van der Waals surface area contributed by atoms with Crippen LogP contribution in [0.5, 0.6) is 0 Å². The van der Waals surface area contributed by atoms with Gasteiger partial charge in [-0.25, -0.2) is 13.2 Å². The van der Waals surface area contributed by atoms with Gasteiger partial charge in [0, 0.05) is 6.54 Å². The molecular formula is C13H17NO5S. The Morgan fingerprint density at radius 2 is 1.95 bits per heavy atom. The van der Waals surface area contributed by atoms with Gasteiger partial charge in [-0.1, -0.05) is 17.7 Å². The zero-order valence-corrected chi connectivity index (χ0v) is 11.9. The van der Waals surface area contributed by atoms with Crippen LogP contribution in [0.15, 0.2) is 29.2 Å². The van der Waals surface area contributed by atoms with Crippen molar-refractivity contribution in [2.24, 2.45) is 0 Å². The van der Waals surface area contributed by atoms with E-state index in [0.29, 0.717) is 12.8 Å². The number of carbonyl (C=O) groups is 1. The van der Waals surface area contributed by atoms with Crippen LogP contribution in [-0.4, -0.2) is 47.6 Å². The van der Waals surface area contributed by atoms with Crippen LogP contribution in [0.2, 0.25) is 0 Å². The van der Waals surface area contributed by atoms with Crippen molar-refractivity contribution < 1.29 is 23.4 Å². The number of aliphatic hydroxyl groups is 1. The summed E-state index contributed by atoms with van der Waals surface area (Å²) in [6.45, 7) is 2.08. The van der Waals surface area contributed by atoms with Crippen LogP contribution in [0.3, 0.4) is 0 Å². The van der Waals surface area contributed by atoms with E-state index in [-0.39, 0.29) is 11.4 Å². The van der Waals surface area contributed by atoms with Crippen LogP contribution in [0.1, 0.15) is 18.4 Å². The number of hydrogen-bond donors (Lipinski definition) is 2. The lowest BCUT2D eigenvalue weighted by Gasteiger charge is -2.26. The Morgan fingerprint density at radius 3 is 2.50 bits per heavy atom. The minimum absolute atomic E-state index is 0.00726. The summed E-state index contributed by atoms with van der Waals surface area (Å²) in [4.78, 5) is 12.0. The number of amides is 1. The molecule has 1 amide bonds. The Balaban J connectivity index is 2.29. The van der Waals surface area contributed by atoms with Crippen LogP contribution >= 0.6 is 0 Å². The van der Waals surface area contributed by atoms with E-state index in [9.17, 15) is 18.3 Å². The smallest absolute Gasteiger partial charge is 0.407 e. The SMILES string of the molecule is Cc1ccc(S(=O)(=O)C(O)[C@@H]2CCCN2C(=O)O)cc1. The summed E-state index contributed by atoms with van der Waals surface area (Å²) in [5.74, 6) is 0. The maximum absolute atomic E-state index is 12.3. The molecule has 1 aromatic carbocycles. The van der Waals surface area contributed by atoms with Gasteiger partial charge in [0.1, 0.15) is 0 Å². The van der Waals surface area contributed by atoms with Gasteiger partial charge < -0.3 is 15.1 Å². The van der Waals surface area contributed by atoms with E-state index in [4.69, 9.17) is 5.11 Å². The van der Waals surface area contributed by atoms with E-state index in [1.54, 1.807) is 12.1 Å². The van der Waals surface area contributed by atoms with Gasteiger partial charge in [-0.2, -0.15) is 0 Å². The van der Waals surface area contributed by atoms with Crippen molar-refractivity contribution in [3.05, 3.63) is 29.8 Å². The highest BCUT2D eigenvalue weighted by Crippen LogP contribution is 2.26. The molecule has 1 saturated heterocycles. The number of nitrogens with zero attached hydrogens (tertiary/aromatic N) is 1. The van der Waals surface area contributed by atoms with E-state index in [0.717, 1.165) is 10.5 Å². The predicted molar refractivity (Wildman–Crippen MR) is 72.1 cm³/mol. The maximum Gasteiger partial charge on any atom is 0.407 e. The Labute approximate surface area is 117 Å². The number of sulfone groups is 1. The highest BCUT2D eigenvalue weighted by atomic mass is 32.2. The molecule has 0 radical (unpaired) electrons. The lowest BCUT2D eigenvalue weighted by Crippen LogP contribution is -2.45. The Kier molecular flexibility index (Phi) is 4.01. The van der Waals surface area contributed by atoms with Gasteiger partial charge >= 0.3 is 6.09 Å². The van der Waals surface area contributed by atoms with E-state index in [1.165, 1.54) is 12.1 Å². The molecule has 1 aliphatic rings. The van der Waals surface area contributed by atoms with Gasteiger partial charge in [0.05, 0.1) is 10.9 Å². The minimum atomic E-state index is -3.96. The van der Waals surface area contributed by atoms with Crippen molar-refractivity contribution in [3.8, 4) is 0 Å². The molecule has 2 rings (SSSR count). The second kappa shape index (κ2) is 5.41. The number of aliphatic hydroxyl groups excluding tert-OH is 1. The first-order chi connectivity index (χ1) is 9.34. The average Bonchev–Trinajstić information content (AvgIpc) is 2.87. The molecule has 0 bridgehead atoms. The summed E-state index contributed by atoms with van der Waals surface area (Å²) in [6, 6.07) is 5.23. The summed E-state index contributed by atoms with van der Waals surface area (Å²) in [6.07, 6.45) is -0.304. The first-order valence-electron chi connectivity index (χ1n) is 6.32. The topological polar surface area (TPSA) is 94.9 Å². The highest BCUT2D eigenvalue weighted by molar-refractivity contribution is 7.92. The summed E-state index contributed by atoms with van der Waals surface area (Å²) in [5, 5.41) is 19.2. The van der Waals surface area contributed by atoms with Gasteiger partial charge in [0.15, 0.2) is 5.44 Å². The molecule has 6 nitrogen and oxygen atoms in total. The Bertz CT molecular complexity index is 596. The Hall–Kier alpha value is -1.60. The van der Waals surface area contributed by atoms with Crippen molar-refractivity contribution >= 4 is 15.9 Å². The van der Waals surface area contributed by atoms with Crippen molar-refractivity contribution in [2.75, 3.05) is 6.54 Å². The molecule has 1 heterocycles. The molecule has 0 saturated carbocycles. The molecule has 1 aliphatic heterocycles. The van der Waals surface area contributed by atoms with Crippen LogP contribution < -0.4 is 0 Å². The van der Waals surface area contributed by atoms with Gasteiger partial charge in [-0.05, 0) is 31.9 Å². The third-order valence-electron chi connectivity index (χ3n) is 3.54. The molecule has 2 atom stereocenters. The number of hydrogen-bond acceptors (Lipinski definition) is 4. The third kappa shape index (κ3) is 2.64. The molecule has 2 N–H and O–H groups in total. The summed E-state index contributed by atoms with van der Waals surface area (Å²) in [5.41, 5.74) is -0.824. The lowest BCUT2D eigenvalue weighted by atomic mass is 10.2. The predicted octanol–water partition coefficient (Wildman–Crippen LogP) is 1.23. The van der Waals surface area contributed by atoms with Crippen LogP contribution in [0.25, 0.3) is 0 Å². The molecular weight excluding hydrogens is 282 g/mol. The van der Waals surface area contributed by atoms with Crippen molar-refractivity contribution in [1.29, 1.82) is 0 Å². The summed E-state index contributed by atoms with van der Waals surface area (Å²) >= 11 is 0. The van der Waals surface area contributed by atoms with E-state index < -0.39 is 27.4 Å². The van der Waals surface area contributed by atoms with E-state index in [2.05, 4.69) is 0 Å². The molecule has 110 valence electrons.